The molecule has 0 saturated heterocycles. The van der Waals surface area contributed by atoms with Gasteiger partial charge < -0.3 is 5.73 Å². The van der Waals surface area contributed by atoms with Crippen molar-refractivity contribution < 1.29 is 4.79 Å². The number of urea groups is 1. The molecule has 0 fully saturated rings. The molecule has 17 heavy (non-hydrogen) atoms. The number of fused-ring (bicyclic) bond motifs is 1. The molecule has 1 aromatic heterocycles. The molecule has 0 unspecified atom stereocenters. The smallest absolute Gasteiger partial charge is 0.332 e. The van der Waals surface area contributed by atoms with E-state index in [1.165, 1.54) is 0 Å². The third-order valence-corrected chi connectivity index (χ3v) is 2.34. The Morgan fingerprint density at radius 3 is 2.76 bits per heavy atom. The van der Waals surface area contributed by atoms with Crippen LogP contribution in [-0.2, 0) is 0 Å². The molecule has 2 rings (SSSR count). The number of primary amides is 1. The van der Waals surface area contributed by atoms with Gasteiger partial charge in [0.2, 0.25) is 0 Å². The van der Waals surface area contributed by atoms with Crippen molar-refractivity contribution in [2.24, 2.45) is 10.8 Å². The molecule has 5 nitrogen and oxygen atoms in total. The Morgan fingerprint density at radius 1 is 1.35 bits per heavy atom. The lowest BCUT2D eigenvalue weighted by atomic mass is 10.1. The van der Waals surface area contributed by atoms with Crippen LogP contribution in [0.3, 0.4) is 0 Å². The highest BCUT2D eigenvalue weighted by atomic mass is 16.2. The molecule has 0 atom stereocenters. The zero-order valence-electron chi connectivity index (χ0n) is 9.34. The number of benzene rings is 1. The highest BCUT2D eigenvalue weighted by molar-refractivity contribution is 6.00. The van der Waals surface area contributed by atoms with E-state index in [2.05, 4.69) is 15.5 Å². The molecule has 0 bridgehead atoms. The fraction of sp³-hybridized carbons (Fsp3) is 0.0833. The molecule has 0 spiro atoms. The van der Waals surface area contributed by atoms with Crippen molar-refractivity contribution >= 4 is 22.5 Å². The van der Waals surface area contributed by atoms with Crippen molar-refractivity contribution in [2.45, 2.75) is 6.92 Å². The topological polar surface area (TPSA) is 80.4 Å². The van der Waals surface area contributed by atoms with Gasteiger partial charge in [-0.1, -0.05) is 24.3 Å². The van der Waals surface area contributed by atoms with Crippen molar-refractivity contribution in [3.63, 3.8) is 0 Å². The summed E-state index contributed by atoms with van der Waals surface area (Å²) in [4.78, 5) is 14.8. The average Bonchev–Trinajstić information content (AvgIpc) is 2.35. The number of nitrogens with one attached hydrogen (secondary N) is 1. The summed E-state index contributed by atoms with van der Waals surface area (Å²) in [6.45, 7) is 1.76. The van der Waals surface area contributed by atoms with E-state index in [0.29, 0.717) is 11.4 Å². The van der Waals surface area contributed by atoms with Crippen molar-refractivity contribution in [1.29, 1.82) is 0 Å². The van der Waals surface area contributed by atoms with Crippen LogP contribution in [0.25, 0.3) is 10.8 Å². The molecule has 3 N–H and O–H groups in total. The third-order valence-electron chi connectivity index (χ3n) is 2.34. The highest BCUT2D eigenvalue weighted by Gasteiger charge is 2.01. The van der Waals surface area contributed by atoms with Crippen molar-refractivity contribution in [1.82, 2.24) is 10.4 Å². The molecule has 1 aromatic carbocycles. The standard InChI is InChI=1S/C12H12N4O/c1-8(15-16-12(13)17)11-6-9-4-2-3-5-10(9)7-14-11/h2-7H,1H3,(H3,13,16,17). The van der Waals surface area contributed by atoms with Gasteiger partial charge >= 0.3 is 6.03 Å². The van der Waals surface area contributed by atoms with Gasteiger partial charge in [0.1, 0.15) is 0 Å². The maximum Gasteiger partial charge on any atom is 0.332 e. The highest BCUT2D eigenvalue weighted by Crippen LogP contribution is 2.13. The molecule has 0 saturated carbocycles. The van der Waals surface area contributed by atoms with Crippen LogP contribution in [0.4, 0.5) is 4.79 Å². The minimum absolute atomic E-state index is 0.606. The lowest BCUT2D eigenvalue weighted by Crippen LogP contribution is -2.25. The van der Waals surface area contributed by atoms with Gasteiger partial charge in [0.25, 0.3) is 0 Å². The summed E-state index contributed by atoms with van der Waals surface area (Å²) in [5.41, 5.74) is 8.42. The maximum absolute atomic E-state index is 10.5. The molecule has 5 heteroatoms. The Labute approximate surface area is 98.3 Å². The largest absolute Gasteiger partial charge is 0.350 e. The Hall–Kier alpha value is -2.43. The number of amides is 2. The Morgan fingerprint density at radius 2 is 2.06 bits per heavy atom. The van der Waals surface area contributed by atoms with E-state index in [9.17, 15) is 4.79 Å². The minimum Gasteiger partial charge on any atom is -0.350 e. The number of hydrogen-bond acceptors (Lipinski definition) is 3. The summed E-state index contributed by atoms with van der Waals surface area (Å²) in [7, 11) is 0. The number of pyridine rings is 1. The summed E-state index contributed by atoms with van der Waals surface area (Å²) in [6, 6.07) is 9.12. The van der Waals surface area contributed by atoms with Crippen molar-refractivity contribution in [3.05, 3.63) is 42.2 Å². The van der Waals surface area contributed by atoms with Crippen LogP contribution in [-0.4, -0.2) is 16.7 Å². The van der Waals surface area contributed by atoms with Gasteiger partial charge in [-0.3, -0.25) is 4.98 Å². The van der Waals surface area contributed by atoms with Gasteiger partial charge in [0, 0.05) is 11.6 Å². The Bertz CT molecular complexity index is 592. The number of nitrogens with zero attached hydrogens (tertiary/aromatic N) is 2. The van der Waals surface area contributed by atoms with Gasteiger partial charge in [0.15, 0.2) is 0 Å². The van der Waals surface area contributed by atoms with Crippen LogP contribution in [0.2, 0.25) is 0 Å². The maximum atomic E-state index is 10.5. The fourth-order valence-electron chi connectivity index (χ4n) is 1.48. The number of aromatic nitrogens is 1. The monoisotopic (exact) mass is 228 g/mol. The first-order chi connectivity index (χ1) is 8.16. The lowest BCUT2D eigenvalue weighted by molar-refractivity contribution is 0.249. The van der Waals surface area contributed by atoms with Crippen LogP contribution < -0.4 is 11.2 Å². The van der Waals surface area contributed by atoms with E-state index in [-0.39, 0.29) is 0 Å². The van der Waals surface area contributed by atoms with E-state index in [1.807, 2.05) is 30.3 Å². The van der Waals surface area contributed by atoms with Crippen LogP contribution in [0.1, 0.15) is 12.6 Å². The van der Waals surface area contributed by atoms with E-state index in [0.717, 1.165) is 10.8 Å². The second-order valence-electron chi connectivity index (χ2n) is 3.59. The number of carbonyl (C=O) groups is 1. The quantitative estimate of drug-likeness (QED) is 0.605. The van der Waals surface area contributed by atoms with Gasteiger partial charge in [-0.05, 0) is 18.4 Å². The van der Waals surface area contributed by atoms with Crippen LogP contribution in [0.15, 0.2) is 41.6 Å². The summed E-state index contributed by atoms with van der Waals surface area (Å²) >= 11 is 0. The second kappa shape index (κ2) is 4.61. The molecule has 0 aliphatic heterocycles. The molecule has 0 radical (unpaired) electrons. The molecule has 0 aliphatic carbocycles. The van der Waals surface area contributed by atoms with Gasteiger partial charge in [-0.15, -0.1) is 0 Å². The van der Waals surface area contributed by atoms with Crippen molar-refractivity contribution in [2.75, 3.05) is 0 Å². The molecule has 1 heterocycles. The van der Waals surface area contributed by atoms with Gasteiger partial charge in [-0.2, -0.15) is 5.10 Å². The first kappa shape index (κ1) is 11.1. The molecule has 86 valence electrons. The summed E-state index contributed by atoms with van der Waals surface area (Å²) < 4.78 is 0. The number of nitrogens with two attached hydrogens (primary N) is 1. The number of rotatable bonds is 2. The van der Waals surface area contributed by atoms with E-state index >= 15 is 0 Å². The summed E-state index contributed by atoms with van der Waals surface area (Å²) in [5, 5.41) is 5.97. The van der Waals surface area contributed by atoms with Crippen LogP contribution >= 0.6 is 0 Å². The molecule has 2 amide bonds. The molecular weight excluding hydrogens is 216 g/mol. The number of carbonyl (C=O) groups excluding carboxylic acids is 1. The van der Waals surface area contributed by atoms with Crippen molar-refractivity contribution in [3.8, 4) is 0 Å². The first-order valence-corrected chi connectivity index (χ1v) is 5.12. The number of hydrogen-bond donors (Lipinski definition) is 2. The first-order valence-electron chi connectivity index (χ1n) is 5.12. The molecule has 2 aromatic rings. The van der Waals surface area contributed by atoms with Gasteiger partial charge in [0.05, 0.1) is 11.4 Å². The minimum atomic E-state index is -0.690. The fourth-order valence-corrected chi connectivity index (χ4v) is 1.48. The number of hydrazone groups is 1. The predicted molar refractivity (Wildman–Crippen MR) is 66.7 cm³/mol. The summed E-state index contributed by atoms with van der Waals surface area (Å²) in [5.74, 6) is 0. The van der Waals surface area contributed by atoms with Gasteiger partial charge in [-0.25, -0.2) is 10.2 Å². The SMILES string of the molecule is CC(=NNC(N)=O)c1cc2ccccc2cn1. The Balaban J connectivity index is 2.36. The normalized spacial score (nSPS) is 11.5. The lowest BCUT2D eigenvalue weighted by Gasteiger charge is -2.02. The van der Waals surface area contributed by atoms with E-state index in [4.69, 9.17) is 5.73 Å². The molecule has 0 aliphatic rings. The zero-order chi connectivity index (χ0) is 12.3. The van der Waals surface area contributed by atoms with Crippen LogP contribution in [0.5, 0.6) is 0 Å². The third kappa shape index (κ3) is 2.57. The Kier molecular flexibility index (Phi) is 3.00. The summed E-state index contributed by atoms with van der Waals surface area (Å²) in [6.07, 6.45) is 1.77. The van der Waals surface area contributed by atoms with E-state index in [1.54, 1.807) is 13.1 Å². The van der Waals surface area contributed by atoms with Crippen LogP contribution in [0, 0.1) is 0 Å². The van der Waals surface area contributed by atoms with E-state index < -0.39 is 6.03 Å². The average molecular weight is 228 g/mol. The predicted octanol–water partition coefficient (Wildman–Crippen LogP) is 1.63. The molecular formula is C12H12N4O. The zero-order valence-corrected chi connectivity index (χ0v) is 9.34. The second-order valence-corrected chi connectivity index (χ2v) is 3.59.